The number of likely N-dealkylation sites (tertiary alicyclic amines) is 1. The molecule has 0 aromatic heterocycles. The fourth-order valence-corrected chi connectivity index (χ4v) is 2.33. The van der Waals surface area contributed by atoms with Gasteiger partial charge < -0.3 is 20.7 Å². The second kappa shape index (κ2) is 9.39. The summed E-state index contributed by atoms with van der Waals surface area (Å²) in [6.45, 7) is 6.01. The number of piperidine rings is 1. The van der Waals surface area contributed by atoms with Gasteiger partial charge in [0.05, 0.1) is 6.10 Å². The van der Waals surface area contributed by atoms with Crippen molar-refractivity contribution in [3.8, 4) is 0 Å². The maximum absolute atomic E-state index is 11.8. The zero-order valence-electron chi connectivity index (χ0n) is 15.0. The molecule has 2 rings (SSSR count). The van der Waals surface area contributed by atoms with Crippen LogP contribution in [0.25, 0.3) is 0 Å². The number of nitrogens with two attached hydrogens (primary N) is 1. The van der Waals surface area contributed by atoms with Crippen LogP contribution >= 0.6 is 0 Å². The summed E-state index contributed by atoms with van der Waals surface area (Å²) < 4.78 is 5.13. The highest BCUT2D eigenvalue weighted by atomic mass is 16.6. The van der Waals surface area contributed by atoms with Gasteiger partial charge in [0.15, 0.2) is 0 Å². The summed E-state index contributed by atoms with van der Waals surface area (Å²) in [7, 11) is 0. The molecule has 4 N–H and O–H groups in total. The van der Waals surface area contributed by atoms with E-state index in [0.29, 0.717) is 13.0 Å². The summed E-state index contributed by atoms with van der Waals surface area (Å²) in [5.74, 6) is -1.12. The van der Waals surface area contributed by atoms with Crippen LogP contribution in [0.4, 0.5) is 4.79 Å². The highest BCUT2D eigenvalue weighted by Crippen LogP contribution is 2.21. The molecule has 0 aliphatic carbocycles. The lowest BCUT2D eigenvalue weighted by Gasteiger charge is -2.36. The number of aliphatic hydroxyl groups is 1. The normalized spacial score (nSPS) is 20.3. The minimum atomic E-state index is -1.12. The second-order valence-electron chi connectivity index (χ2n) is 6.90. The predicted octanol–water partition coefficient (Wildman–Crippen LogP) is 1.98. The number of ether oxygens (including phenoxy) is 1. The van der Waals surface area contributed by atoms with Gasteiger partial charge >= 0.3 is 12.1 Å². The topological polar surface area (TPSA) is 113 Å². The molecule has 1 amide bonds. The number of hydrogen-bond acceptors (Lipinski definition) is 5. The lowest BCUT2D eigenvalue weighted by molar-refractivity contribution is -0.146. The number of amides is 1. The quantitative estimate of drug-likeness (QED) is 0.750. The highest BCUT2D eigenvalue weighted by Gasteiger charge is 2.37. The van der Waals surface area contributed by atoms with Gasteiger partial charge in [0.2, 0.25) is 0 Å². The third kappa shape index (κ3) is 7.53. The van der Waals surface area contributed by atoms with Gasteiger partial charge in [0.1, 0.15) is 11.6 Å². The average molecular weight is 352 g/mol. The molecule has 1 heterocycles. The number of benzene rings is 1. The van der Waals surface area contributed by atoms with Crippen molar-refractivity contribution in [2.24, 2.45) is 5.73 Å². The Morgan fingerprint density at radius 2 is 1.88 bits per heavy atom. The maximum atomic E-state index is 11.8. The van der Waals surface area contributed by atoms with Gasteiger partial charge in [-0.2, -0.15) is 0 Å². The predicted molar refractivity (Wildman–Crippen MR) is 93.9 cm³/mol. The van der Waals surface area contributed by atoms with Crippen LogP contribution in [0.5, 0.6) is 0 Å². The maximum Gasteiger partial charge on any atom is 0.411 e. The number of rotatable bonds is 2. The van der Waals surface area contributed by atoms with E-state index < -0.39 is 29.8 Å². The zero-order chi connectivity index (χ0) is 19.0. The first kappa shape index (κ1) is 20.9. The minimum absolute atomic E-state index is 0.0502. The molecule has 1 aromatic rings. The van der Waals surface area contributed by atoms with Crippen LogP contribution in [0, 0.1) is 0 Å². The zero-order valence-corrected chi connectivity index (χ0v) is 15.0. The molecule has 1 aliphatic heterocycles. The molecule has 0 bridgehead atoms. The molecule has 1 aliphatic rings. The van der Waals surface area contributed by atoms with E-state index in [1.54, 1.807) is 20.8 Å². The Bertz CT molecular complexity index is 556. The van der Waals surface area contributed by atoms with Crippen LogP contribution in [0.3, 0.4) is 0 Å². The number of aliphatic hydroxyl groups excluding tert-OH is 1. The standard InChI is InChI=1S/C11H19NO5.C7H9N/c1-11(2,3)17-10(16)12-5-4-7(13)6-8(12)9(14)15;8-6-7-4-2-1-3-5-7/h7-8,13H,4-6H2,1-3H3,(H,14,15);1-5H,6,8H2/t7-,8-;/m1./s1. The number of hydrogen-bond donors (Lipinski definition) is 3. The molecule has 7 nitrogen and oxygen atoms in total. The van der Waals surface area contributed by atoms with Gasteiger partial charge in [-0.05, 0) is 32.8 Å². The molecule has 7 heteroatoms. The van der Waals surface area contributed by atoms with Crippen LogP contribution in [-0.4, -0.2) is 51.5 Å². The minimum Gasteiger partial charge on any atom is -0.480 e. The average Bonchev–Trinajstić information content (AvgIpc) is 2.54. The lowest BCUT2D eigenvalue weighted by Crippen LogP contribution is -2.52. The molecular formula is C18H28N2O5. The monoisotopic (exact) mass is 352 g/mol. The van der Waals surface area contributed by atoms with Crippen LogP contribution < -0.4 is 5.73 Å². The van der Waals surface area contributed by atoms with E-state index in [9.17, 15) is 14.7 Å². The Morgan fingerprint density at radius 1 is 1.28 bits per heavy atom. The Balaban J connectivity index is 0.000000324. The van der Waals surface area contributed by atoms with Gasteiger partial charge in [0.25, 0.3) is 0 Å². The summed E-state index contributed by atoms with van der Waals surface area (Å²) >= 11 is 0. The van der Waals surface area contributed by atoms with Crippen LogP contribution in [0.1, 0.15) is 39.2 Å². The Morgan fingerprint density at radius 3 is 2.32 bits per heavy atom. The summed E-state index contributed by atoms with van der Waals surface area (Å²) in [5.41, 5.74) is 5.88. The van der Waals surface area contributed by atoms with E-state index in [-0.39, 0.29) is 13.0 Å². The molecule has 0 radical (unpaired) electrons. The van der Waals surface area contributed by atoms with Gasteiger partial charge in [-0.1, -0.05) is 30.3 Å². The van der Waals surface area contributed by atoms with Gasteiger partial charge in [-0.3, -0.25) is 4.90 Å². The van der Waals surface area contributed by atoms with Gasteiger partial charge in [-0.15, -0.1) is 0 Å². The van der Waals surface area contributed by atoms with E-state index in [1.165, 1.54) is 10.5 Å². The van der Waals surface area contributed by atoms with Crippen LogP contribution in [0.2, 0.25) is 0 Å². The molecule has 0 unspecified atom stereocenters. The van der Waals surface area contributed by atoms with Gasteiger partial charge in [0, 0.05) is 19.5 Å². The lowest BCUT2D eigenvalue weighted by atomic mass is 10.0. The van der Waals surface area contributed by atoms with Crippen molar-refractivity contribution >= 4 is 12.1 Å². The molecule has 0 spiro atoms. The Labute approximate surface area is 148 Å². The highest BCUT2D eigenvalue weighted by molar-refractivity contribution is 5.80. The Hall–Kier alpha value is -2.12. The molecule has 1 fully saturated rings. The number of aliphatic carboxylic acids is 1. The first-order valence-corrected chi connectivity index (χ1v) is 8.28. The molecule has 25 heavy (non-hydrogen) atoms. The van der Waals surface area contributed by atoms with E-state index in [1.807, 2.05) is 30.3 Å². The van der Waals surface area contributed by atoms with Crippen LogP contribution in [0.15, 0.2) is 30.3 Å². The van der Waals surface area contributed by atoms with Crippen molar-refractivity contribution in [3.63, 3.8) is 0 Å². The van der Waals surface area contributed by atoms with Crippen molar-refractivity contribution in [1.29, 1.82) is 0 Å². The van der Waals surface area contributed by atoms with E-state index >= 15 is 0 Å². The van der Waals surface area contributed by atoms with E-state index in [2.05, 4.69) is 0 Å². The van der Waals surface area contributed by atoms with Crippen molar-refractivity contribution in [1.82, 2.24) is 4.90 Å². The second-order valence-corrected chi connectivity index (χ2v) is 6.90. The van der Waals surface area contributed by atoms with Crippen molar-refractivity contribution in [2.45, 2.75) is 57.9 Å². The number of carbonyl (C=O) groups excluding carboxylic acids is 1. The van der Waals surface area contributed by atoms with Gasteiger partial charge in [-0.25, -0.2) is 9.59 Å². The summed E-state index contributed by atoms with van der Waals surface area (Å²) in [6, 6.07) is 8.98. The van der Waals surface area contributed by atoms with E-state index in [0.717, 1.165) is 0 Å². The number of carbonyl (C=O) groups is 2. The smallest absolute Gasteiger partial charge is 0.411 e. The fourth-order valence-electron chi connectivity index (χ4n) is 2.33. The van der Waals surface area contributed by atoms with Crippen molar-refractivity contribution in [3.05, 3.63) is 35.9 Å². The SMILES string of the molecule is CC(C)(C)OC(=O)N1CC[C@@H](O)C[C@@H]1C(=O)O.NCc1ccccc1. The molecule has 1 aromatic carbocycles. The molecule has 140 valence electrons. The number of carboxylic acid groups (broad SMARTS) is 1. The summed E-state index contributed by atoms with van der Waals surface area (Å²) in [5, 5.41) is 18.4. The van der Waals surface area contributed by atoms with Crippen LogP contribution in [-0.2, 0) is 16.1 Å². The van der Waals surface area contributed by atoms with Crippen molar-refractivity contribution < 1.29 is 24.5 Å². The molecule has 1 saturated heterocycles. The summed E-state index contributed by atoms with van der Waals surface area (Å²) in [4.78, 5) is 24.0. The first-order chi connectivity index (χ1) is 11.6. The number of nitrogens with zero attached hydrogens (tertiary/aromatic N) is 1. The molecule has 0 saturated carbocycles. The van der Waals surface area contributed by atoms with E-state index in [4.69, 9.17) is 15.6 Å². The largest absolute Gasteiger partial charge is 0.480 e. The third-order valence-electron chi connectivity index (χ3n) is 3.57. The fraction of sp³-hybridized carbons (Fsp3) is 0.556. The van der Waals surface area contributed by atoms with Crippen molar-refractivity contribution in [2.75, 3.05) is 6.54 Å². The third-order valence-corrected chi connectivity index (χ3v) is 3.57. The molecule has 2 atom stereocenters. The Kier molecular flexibility index (Phi) is 7.86. The summed E-state index contributed by atoms with van der Waals surface area (Å²) in [6.07, 6.45) is -0.885. The number of carboxylic acids is 1. The molecular weight excluding hydrogens is 324 g/mol. The first-order valence-electron chi connectivity index (χ1n) is 8.28.